The third kappa shape index (κ3) is 4.68. The maximum atomic E-state index is 12.5. The number of carbonyl (C=O) groups is 2. The van der Waals surface area contributed by atoms with Gasteiger partial charge >= 0.3 is 6.09 Å². The third-order valence-electron chi connectivity index (χ3n) is 3.66. The van der Waals surface area contributed by atoms with Gasteiger partial charge in [0.1, 0.15) is 5.75 Å². The smallest absolute Gasteiger partial charge is 0.409 e. The number of amides is 2. The molecule has 0 bridgehead atoms. The summed E-state index contributed by atoms with van der Waals surface area (Å²) in [5, 5.41) is 0.857. The second-order valence-electron chi connectivity index (χ2n) is 5.35. The van der Waals surface area contributed by atoms with Gasteiger partial charge in [-0.3, -0.25) is 4.79 Å². The number of rotatable bonds is 4. The molecule has 6 nitrogen and oxygen atoms in total. The van der Waals surface area contributed by atoms with Crippen LogP contribution < -0.4 is 4.74 Å². The Labute approximate surface area is 151 Å². The molecule has 0 saturated carbocycles. The zero-order valence-electron chi connectivity index (χ0n) is 13.6. The lowest BCUT2D eigenvalue weighted by Crippen LogP contribution is -2.53. The van der Waals surface area contributed by atoms with Gasteiger partial charge in [-0.05, 0) is 32.0 Å². The van der Waals surface area contributed by atoms with Crippen LogP contribution >= 0.6 is 23.2 Å². The van der Waals surface area contributed by atoms with Crippen molar-refractivity contribution in [2.24, 2.45) is 0 Å². The number of halogens is 2. The molecule has 1 heterocycles. The number of piperazine rings is 1. The molecule has 1 unspecified atom stereocenters. The molecular weight excluding hydrogens is 355 g/mol. The highest BCUT2D eigenvalue weighted by Crippen LogP contribution is 2.28. The van der Waals surface area contributed by atoms with Crippen LogP contribution in [0.4, 0.5) is 4.79 Å². The second kappa shape index (κ2) is 8.44. The number of hydrogen-bond donors (Lipinski definition) is 0. The topological polar surface area (TPSA) is 59.1 Å². The van der Waals surface area contributed by atoms with Crippen LogP contribution in [0.1, 0.15) is 13.8 Å². The van der Waals surface area contributed by atoms with Gasteiger partial charge in [-0.15, -0.1) is 0 Å². The minimum atomic E-state index is -0.683. The van der Waals surface area contributed by atoms with Gasteiger partial charge in [0.15, 0.2) is 6.10 Å². The largest absolute Gasteiger partial charge is 0.479 e. The molecule has 132 valence electrons. The number of nitrogens with zero attached hydrogens (tertiary/aromatic N) is 2. The molecular formula is C16H20Cl2N2O4. The van der Waals surface area contributed by atoms with Gasteiger partial charge in [0, 0.05) is 31.2 Å². The van der Waals surface area contributed by atoms with Crippen molar-refractivity contribution in [1.82, 2.24) is 9.80 Å². The molecule has 0 radical (unpaired) electrons. The standard InChI is InChI=1S/C16H20Cl2N2O4/c1-3-23-16(22)20-8-6-19(7-9-20)15(21)11(2)24-14-5-4-12(17)10-13(14)18/h4-5,10-11H,3,6-9H2,1-2H3. The molecule has 2 amide bonds. The lowest BCUT2D eigenvalue weighted by atomic mass is 10.2. The van der Waals surface area contributed by atoms with Crippen LogP contribution in [0.3, 0.4) is 0 Å². The van der Waals surface area contributed by atoms with E-state index in [0.717, 1.165) is 0 Å². The fraction of sp³-hybridized carbons (Fsp3) is 0.500. The van der Waals surface area contributed by atoms with E-state index in [-0.39, 0.29) is 12.0 Å². The van der Waals surface area contributed by atoms with Gasteiger partial charge in [0.25, 0.3) is 5.91 Å². The van der Waals surface area contributed by atoms with Gasteiger partial charge in [-0.2, -0.15) is 0 Å². The van der Waals surface area contributed by atoms with Crippen LogP contribution in [0.5, 0.6) is 5.75 Å². The Morgan fingerprint density at radius 2 is 1.79 bits per heavy atom. The molecule has 1 atom stereocenters. The fourth-order valence-electron chi connectivity index (χ4n) is 2.39. The fourth-order valence-corrected chi connectivity index (χ4v) is 2.85. The first-order chi connectivity index (χ1) is 11.4. The first kappa shape index (κ1) is 18.7. The van der Waals surface area contributed by atoms with Crippen molar-refractivity contribution in [2.45, 2.75) is 20.0 Å². The van der Waals surface area contributed by atoms with Crippen LogP contribution in [0.2, 0.25) is 10.0 Å². The van der Waals surface area contributed by atoms with Crippen molar-refractivity contribution in [3.05, 3.63) is 28.2 Å². The van der Waals surface area contributed by atoms with E-state index < -0.39 is 6.10 Å². The van der Waals surface area contributed by atoms with E-state index in [1.165, 1.54) is 0 Å². The Balaban J connectivity index is 1.89. The molecule has 1 aliphatic heterocycles. The van der Waals surface area contributed by atoms with Crippen molar-refractivity contribution >= 4 is 35.2 Å². The SMILES string of the molecule is CCOC(=O)N1CCN(C(=O)C(C)Oc2ccc(Cl)cc2Cl)CC1. The van der Waals surface area contributed by atoms with Crippen molar-refractivity contribution in [3.63, 3.8) is 0 Å². The van der Waals surface area contributed by atoms with Crippen LogP contribution in [-0.2, 0) is 9.53 Å². The van der Waals surface area contributed by atoms with E-state index in [2.05, 4.69) is 0 Å². The maximum absolute atomic E-state index is 12.5. The van der Waals surface area contributed by atoms with Crippen molar-refractivity contribution in [2.75, 3.05) is 32.8 Å². The molecule has 1 aromatic carbocycles. The van der Waals surface area contributed by atoms with Gasteiger partial charge in [0.05, 0.1) is 11.6 Å². The number of carbonyl (C=O) groups excluding carboxylic acids is 2. The minimum absolute atomic E-state index is 0.149. The zero-order valence-corrected chi connectivity index (χ0v) is 15.1. The summed E-state index contributed by atoms with van der Waals surface area (Å²) in [6, 6.07) is 4.85. The highest BCUT2D eigenvalue weighted by atomic mass is 35.5. The predicted octanol–water partition coefficient (Wildman–Crippen LogP) is 3.06. The molecule has 24 heavy (non-hydrogen) atoms. The van der Waals surface area contributed by atoms with Gasteiger partial charge in [-0.1, -0.05) is 23.2 Å². The monoisotopic (exact) mass is 374 g/mol. The maximum Gasteiger partial charge on any atom is 0.409 e. The molecule has 8 heteroatoms. The summed E-state index contributed by atoms with van der Waals surface area (Å²) >= 11 is 11.9. The van der Waals surface area contributed by atoms with Crippen LogP contribution in [0.25, 0.3) is 0 Å². The first-order valence-electron chi connectivity index (χ1n) is 7.74. The lowest BCUT2D eigenvalue weighted by molar-refractivity contribution is -0.139. The summed E-state index contributed by atoms with van der Waals surface area (Å²) in [4.78, 5) is 27.4. The molecule has 1 aromatic rings. The molecule has 0 spiro atoms. The van der Waals surface area contributed by atoms with Gasteiger partial charge < -0.3 is 19.3 Å². The van der Waals surface area contributed by atoms with E-state index in [0.29, 0.717) is 48.6 Å². The summed E-state index contributed by atoms with van der Waals surface area (Å²) in [5.74, 6) is 0.261. The molecule has 1 saturated heterocycles. The number of benzene rings is 1. The summed E-state index contributed by atoms with van der Waals surface area (Å²) in [5.41, 5.74) is 0. The van der Waals surface area contributed by atoms with E-state index in [1.807, 2.05) is 0 Å². The lowest BCUT2D eigenvalue weighted by Gasteiger charge is -2.35. The van der Waals surface area contributed by atoms with E-state index in [9.17, 15) is 9.59 Å². The Hall–Kier alpha value is -1.66. The van der Waals surface area contributed by atoms with E-state index in [4.69, 9.17) is 32.7 Å². The third-order valence-corrected chi connectivity index (χ3v) is 4.19. The molecule has 0 aliphatic carbocycles. The summed E-state index contributed by atoms with van der Waals surface area (Å²) < 4.78 is 10.6. The summed E-state index contributed by atoms with van der Waals surface area (Å²) in [6.45, 7) is 5.55. The molecule has 1 aliphatic rings. The van der Waals surface area contributed by atoms with Crippen molar-refractivity contribution < 1.29 is 19.1 Å². The Morgan fingerprint density at radius 1 is 1.17 bits per heavy atom. The van der Waals surface area contributed by atoms with Crippen LogP contribution in [-0.4, -0.2) is 60.7 Å². The Morgan fingerprint density at radius 3 is 2.38 bits per heavy atom. The van der Waals surface area contributed by atoms with Crippen molar-refractivity contribution in [3.8, 4) is 5.75 Å². The second-order valence-corrected chi connectivity index (χ2v) is 6.19. The average molecular weight is 375 g/mol. The van der Waals surface area contributed by atoms with E-state index in [1.54, 1.807) is 41.8 Å². The molecule has 2 rings (SSSR count). The molecule has 0 aromatic heterocycles. The number of hydrogen-bond acceptors (Lipinski definition) is 4. The average Bonchev–Trinajstić information content (AvgIpc) is 2.57. The number of ether oxygens (including phenoxy) is 2. The first-order valence-corrected chi connectivity index (χ1v) is 8.50. The zero-order chi connectivity index (χ0) is 17.7. The molecule has 1 fully saturated rings. The van der Waals surface area contributed by atoms with Crippen LogP contribution in [0, 0.1) is 0 Å². The normalized spacial score (nSPS) is 15.8. The highest BCUT2D eigenvalue weighted by Gasteiger charge is 2.28. The summed E-state index contributed by atoms with van der Waals surface area (Å²) in [6.07, 6.45) is -1.03. The van der Waals surface area contributed by atoms with Gasteiger partial charge in [-0.25, -0.2) is 4.79 Å². The highest BCUT2D eigenvalue weighted by molar-refractivity contribution is 6.35. The van der Waals surface area contributed by atoms with E-state index >= 15 is 0 Å². The minimum Gasteiger partial charge on any atom is -0.479 e. The Bertz CT molecular complexity index is 604. The predicted molar refractivity (Wildman–Crippen MR) is 91.7 cm³/mol. The quantitative estimate of drug-likeness (QED) is 0.812. The van der Waals surface area contributed by atoms with Crippen LogP contribution in [0.15, 0.2) is 18.2 Å². The van der Waals surface area contributed by atoms with Gasteiger partial charge in [0.2, 0.25) is 0 Å². The summed E-state index contributed by atoms with van der Waals surface area (Å²) in [7, 11) is 0. The Kier molecular flexibility index (Phi) is 6.57. The van der Waals surface area contributed by atoms with Crippen molar-refractivity contribution in [1.29, 1.82) is 0 Å². The molecule has 0 N–H and O–H groups in total.